The highest BCUT2D eigenvalue weighted by Gasteiger charge is 2.19. The highest BCUT2D eigenvalue weighted by Crippen LogP contribution is 2.33. The number of fused-ring (bicyclic) bond motifs is 1. The number of nitrogens with zero attached hydrogens (tertiary/aromatic N) is 3. The molecule has 5 nitrogen and oxygen atoms in total. The van der Waals surface area contributed by atoms with Crippen molar-refractivity contribution in [3.63, 3.8) is 0 Å². The van der Waals surface area contributed by atoms with Gasteiger partial charge in [-0.2, -0.15) is 4.98 Å². The Balaban J connectivity index is 1.43. The topological polar surface area (TPSA) is 53.1 Å². The van der Waals surface area contributed by atoms with Crippen molar-refractivity contribution in [2.45, 2.75) is 31.8 Å². The summed E-state index contributed by atoms with van der Waals surface area (Å²) in [5.41, 5.74) is 1.80. The van der Waals surface area contributed by atoms with Gasteiger partial charge in [-0.05, 0) is 61.2 Å². The molecular weight excluding hydrogens is 362 g/mol. The first-order valence-electron chi connectivity index (χ1n) is 9.15. The Morgan fingerprint density at radius 3 is 2.78 bits per heavy atom. The molecule has 0 bridgehead atoms. The number of para-hydroxylation sites is 1. The van der Waals surface area contributed by atoms with E-state index in [1.54, 1.807) is 0 Å². The number of hydrogen-bond donors (Lipinski definition) is 0. The molecule has 4 aromatic rings. The molecule has 0 amide bonds. The largest absolute Gasteiger partial charge is 0.489 e. The molecule has 1 aliphatic carbocycles. The molecule has 6 heteroatoms. The Morgan fingerprint density at radius 2 is 1.93 bits per heavy atom. The van der Waals surface area contributed by atoms with Crippen LogP contribution in [0.4, 0.5) is 0 Å². The van der Waals surface area contributed by atoms with E-state index in [2.05, 4.69) is 16.2 Å². The maximum absolute atomic E-state index is 6.42. The zero-order valence-electron chi connectivity index (χ0n) is 14.6. The predicted octanol–water partition coefficient (Wildman–Crippen LogP) is 5.66. The second kappa shape index (κ2) is 6.74. The molecule has 2 aromatic carbocycles. The van der Waals surface area contributed by atoms with Crippen LogP contribution in [-0.4, -0.2) is 20.8 Å². The van der Waals surface area contributed by atoms with E-state index < -0.39 is 0 Å². The summed E-state index contributed by atoms with van der Waals surface area (Å²) in [6.07, 6.45) is 6.83. The van der Waals surface area contributed by atoms with E-state index >= 15 is 0 Å². The number of aromatic nitrogens is 3. The Kier molecular flexibility index (Phi) is 4.09. The van der Waals surface area contributed by atoms with Crippen molar-refractivity contribution in [2.24, 2.45) is 0 Å². The molecule has 27 heavy (non-hydrogen) atoms. The first kappa shape index (κ1) is 16.4. The summed E-state index contributed by atoms with van der Waals surface area (Å²) in [6, 6.07) is 15.7. The fraction of sp³-hybridized carbons (Fsp3) is 0.238. The van der Waals surface area contributed by atoms with Crippen LogP contribution in [0.2, 0.25) is 5.02 Å². The van der Waals surface area contributed by atoms with Gasteiger partial charge in [0, 0.05) is 17.1 Å². The summed E-state index contributed by atoms with van der Waals surface area (Å²) in [5.74, 6) is 1.63. The SMILES string of the molecule is Clc1cc(-c2nc(-n3ccc4ccccc43)no2)ccc1OC1CCCC1. The van der Waals surface area contributed by atoms with Crippen LogP contribution >= 0.6 is 11.6 Å². The molecule has 0 aliphatic heterocycles. The van der Waals surface area contributed by atoms with Gasteiger partial charge >= 0.3 is 0 Å². The Bertz CT molecular complexity index is 1100. The van der Waals surface area contributed by atoms with Gasteiger partial charge in [0.2, 0.25) is 0 Å². The number of benzene rings is 2. The van der Waals surface area contributed by atoms with E-state index in [1.807, 2.05) is 53.2 Å². The summed E-state index contributed by atoms with van der Waals surface area (Å²) in [7, 11) is 0. The lowest BCUT2D eigenvalue weighted by Crippen LogP contribution is -2.11. The van der Waals surface area contributed by atoms with Crippen LogP contribution in [0.3, 0.4) is 0 Å². The van der Waals surface area contributed by atoms with Gasteiger partial charge in [0.15, 0.2) is 0 Å². The van der Waals surface area contributed by atoms with Crippen LogP contribution in [0.15, 0.2) is 59.3 Å². The summed E-state index contributed by atoms with van der Waals surface area (Å²) < 4.78 is 13.4. The fourth-order valence-corrected chi connectivity index (χ4v) is 3.83. The molecule has 0 spiro atoms. The average Bonchev–Trinajstić information content (AvgIpc) is 3.43. The van der Waals surface area contributed by atoms with Gasteiger partial charge < -0.3 is 9.26 Å². The molecule has 1 aliphatic rings. The molecule has 1 fully saturated rings. The number of hydrogen-bond acceptors (Lipinski definition) is 4. The van der Waals surface area contributed by atoms with Crippen LogP contribution < -0.4 is 4.74 Å². The summed E-state index contributed by atoms with van der Waals surface area (Å²) in [6.45, 7) is 0. The van der Waals surface area contributed by atoms with Gasteiger partial charge in [0.05, 0.1) is 16.6 Å². The van der Waals surface area contributed by atoms with Crippen molar-refractivity contribution >= 4 is 22.5 Å². The van der Waals surface area contributed by atoms with Crippen molar-refractivity contribution in [3.05, 3.63) is 59.8 Å². The minimum absolute atomic E-state index is 0.269. The zero-order valence-corrected chi connectivity index (χ0v) is 15.4. The Morgan fingerprint density at radius 1 is 1.07 bits per heavy atom. The van der Waals surface area contributed by atoms with Gasteiger partial charge in [-0.1, -0.05) is 29.8 Å². The van der Waals surface area contributed by atoms with Gasteiger partial charge in [-0.25, -0.2) is 0 Å². The summed E-state index contributed by atoms with van der Waals surface area (Å²) >= 11 is 6.42. The third kappa shape index (κ3) is 3.08. The first-order valence-corrected chi connectivity index (χ1v) is 9.52. The van der Waals surface area contributed by atoms with E-state index in [-0.39, 0.29) is 6.10 Å². The van der Waals surface area contributed by atoms with Crippen molar-refractivity contribution in [1.29, 1.82) is 0 Å². The number of halogens is 1. The van der Waals surface area contributed by atoms with E-state index in [0.717, 1.165) is 29.3 Å². The van der Waals surface area contributed by atoms with Gasteiger partial charge in [-0.15, -0.1) is 0 Å². The second-order valence-electron chi connectivity index (χ2n) is 6.81. The monoisotopic (exact) mass is 379 g/mol. The third-order valence-electron chi connectivity index (χ3n) is 5.00. The molecule has 136 valence electrons. The normalized spacial score (nSPS) is 14.9. The lowest BCUT2D eigenvalue weighted by atomic mass is 10.2. The number of ether oxygens (including phenoxy) is 1. The second-order valence-corrected chi connectivity index (χ2v) is 7.22. The average molecular weight is 380 g/mol. The van der Waals surface area contributed by atoms with Crippen molar-refractivity contribution in [2.75, 3.05) is 0 Å². The lowest BCUT2D eigenvalue weighted by molar-refractivity contribution is 0.210. The van der Waals surface area contributed by atoms with E-state index in [0.29, 0.717) is 22.6 Å². The zero-order chi connectivity index (χ0) is 18.2. The van der Waals surface area contributed by atoms with Crippen molar-refractivity contribution in [3.8, 4) is 23.2 Å². The molecule has 0 N–H and O–H groups in total. The summed E-state index contributed by atoms with van der Waals surface area (Å²) in [4.78, 5) is 4.53. The van der Waals surface area contributed by atoms with E-state index in [1.165, 1.54) is 12.8 Å². The fourth-order valence-electron chi connectivity index (χ4n) is 3.60. The van der Waals surface area contributed by atoms with Crippen LogP contribution in [0, 0.1) is 0 Å². The quantitative estimate of drug-likeness (QED) is 0.459. The maximum atomic E-state index is 6.42. The lowest BCUT2D eigenvalue weighted by Gasteiger charge is -2.14. The maximum Gasteiger partial charge on any atom is 0.275 e. The Labute approximate surface area is 161 Å². The van der Waals surface area contributed by atoms with Gasteiger partial charge in [0.1, 0.15) is 5.75 Å². The minimum atomic E-state index is 0.269. The molecule has 0 atom stereocenters. The van der Waals surface area contributed by atoms with Crippen molar-refractivity contribution in [1.82, 2.24) is 14.7 Å². The summed E-state index contributed by atoms with van der Waals surface area (Å²) in [5, 5.41) is 5.81. The molecule has 0 saturated heterocycles. The molecular formula is C21H18ClN3O2. The molecule has 0 unspecified atom stereocenters. The van der Waals surface area contributed by atoms with Crippen LogP contribution in [0.5, 0.6) is 5.75 Å². The molecule has 0 radical (unpaired) electrons. The number of rotatable bonds is 4. The highest BCUT2D eigenvalue weighted by atomic mass is 35.5. The third-order valence-corrected chi connectivity index (χ3v) is 5.30. The van der Waals surface area contributed by atoms with Crippen LogP contribution in [0.25, 0.3) is 28.3 Å². The van der Waals surface area contributed by atoms with E-state index in [4.69, 9.17) is 20.9 Å². The standard InChI is InChI=1S/C21H18ClN3O2/c22-17-13-15(9-10-19(17)26-16-6-2-3-7-16)20-23-21(24-27-20)25-12-11-14-5-1-4-8-18(14)25/h1,4-5,8-13,16H,2-3,6-7H2. The highest BCUT2D eigenvalue weighted by molar-refractivity contribution is 6.32. The van der Waals surface area contributed by atoms with Gasteiger partial charge in [0.25, 0.3) is 11.8 Å². The smallest absolute Gasteiger partial charge is 0.275 e. The minimum Gasteiger partial charge on any atom is -0.489 e. The first-order chi connectivity index (χ1) is 13.3. The van der Waals surface area contributed by atoms with Crippen LogP contribution in [0.1, 0.15) is 25.7 Å². The van der Waals surface area contributed by atoms with Crippen molar-refractivity contribution < 1.29 is 9.26 Å². The molecule has 1 saturated carbocycles. The molecule has 5 rings (SSSR count). The van der Waals surface area contributed by atoms with Gasteiger partial charge in [-0.3, -0.25) is 4.57 Å². The predicted molar refractivity (Wildman–Crippen MR) is 104 cm³/mol. The molecule has 2 aromatic heterocycles. The Hall–Kier alpha value is -2.79. The van der Waals surface area contributed by atoms with E-state index in [9.17, 15) is 0 Å². The van der Waals surface area contributed by atoms with Crippen LogP contribution in [-0.2, 0) is 0 Å². The molecule has 2 heterocycles.